The Balaban J connectivity index is -0.0000000198. The van der Waals surface area contributed by atoms with Gasteiger partial charge in [0, 0.05) is 0 Å². The van der Waals surface area contributed by atoms with E-state index in [1.54, 1.807) is 0 Å². The van der Waals surface area contributed by atoms with Gasteiger partial charge in [-0.3, -0.25) is 0 Å². The van der Waals surface area contributed by atoms with E-state index in [9.17, 15) is 0 Å². The van der Waals surface area contributed by atoms with Crippen LogP contribution in [0.3, 0.4) is 0 Å². The Kier molecular flexibility index (Phi) is 76.8. The van der Waals surface area contributed by atoms with Gasteiger partial charge in [0.15, 0.2) is 0 Å². The second kappa shape index (κ2) is 30.9. The first-order chi connectivity index (χ1) is 4.46. The second-order valence-electron chi connectivity index (χ2n) is 0.447. The molecule has 0 aliphatic heterocycles. The van der Waals surface area contributed by atoms with Crippen molar-refractivity contribution in [2.24, 2.45) is 0 Å². The maximum absolute atomic E-state index is 8.25. The van der Waals surface area contributed by atoms with Gasteiger partial charge in [-0.1, -0.05) is 0 Å². The van der Waals surface area contributed by atoms with Gasteiger partial charge in [0.25, 0.3) is 0 Å². The summed E-state index contributed by atoms with van der Waals surface area (Å²) in [6.45, 7) is 2.00. The molecular formula is CH2AgHgN2O7. The summed E-state index contributed by atoms with van der Waals surface area (Å²) in [5.41, 5.74) is 0. The molecule has 12 heavy (non-hydrogen) atoms. The van der Waals surface area contributed by atoms with Crippen molar-refractivity contribution in [2.75, 3.05) is 0 Å². The van der Waals surface area contributed by atoms with Crippen LogP contribution in [-0.4, -0.2) is 17.0 Å². The van der Waals surface area contributed by atoms with Gasteiger partial charge in [0.1, 0.15) is 6.79 Å². The Labute approximate surface area is 102 Å². The summed E-state index contributed by atoms with van der Waals surface area (Å²) in [6, 6.07) is 0. The second-order valence-corrected chi connectivity index (χ2v) is 0.447. The van der Waals surface area contributed by atoms with Crippen molar-refractivity contribution >= 4 is 6.79 Å². The number of nitrogens with zero attached hydrogens (tertiary/aromatic N) is 2. The van der Waals surface area contributed by atoms with Crippen molar-refractivity contribution in [3.05, 3.63) is 30.6 Å². The molecule has 9 nitrogen and oxygen atoms in total. The van der Waals surface area contributed by atoms with Crippen molar-refractivity contribution in [2.45, 2.75) is 0 Å². The van der Waals surface area contributed by atoms with Gasteiger partial charge in [0.2, 0.25) is 0 Å². The standard InChI is InChI=1S/CH2O.Ag.Hg.2NO3/c1-2;;;2*2-1(3)4/h1H2;;;;/q;2*+1;2*-1. The third kappa shape index (κ3) is 11500. The maximum Gasteiger partial charge on any atom is 1.00 e. The summed E-state index contributed by atoms with van der Waals surface area (Å²) in [7, 11) is 0. The molecule has 0 spiro atoms. The minimum Gasteiger partial charge on any atom is -0.356 e. The molecule has 0 amide bonds. The molecule has 0 aromatic rings. The van der Waals surface area contributed by atoms with E-state index in [4.69, 9.17) is 35.4 Å². The van der Waals surface area contributed by atoms with Gasteiger partial charge in [-0.2, -0.15) is 0 Å². The molecule has 0 aromatic carbocycles. The molecule has 0 heterocycles. The summed E-state index contributed by atoms with van der Waals surface area (Å²) in [5.74, 6) is 0. The van der Waals surface area contributed by atoms with E-state index < -0.39 is 10.2 Å². The van der Waals surface area contributed by atoms with Gasteiger partial charge in [0.05, 0.1) is 10.2 Å². The summed E-state index contributed by atoms with van der Waals surface area (Å²) in [6.07, 6.45) is 0. The van der Waals surface area contributed by atoms with Crippen LogP contribution in [0.4, 0.5) is 0 Å². The molecular weight excluding hydrogens is 460 g/mol. The van der Waals surface area contributed by atoms with Crippen LogP contribution >= 0.6 is 0 Å². The topological polar surface area (TPSA) is 149 Å². The van der Waals surface area contributed by atoms with Crippen LogP contribution in [0, 0.1) is 30.6 Å². The van der Waals surface area contributed by atoms with Crippen LogP contribution in [-0.2, 0) is 54.8 Å². The number of carbonyl (C=O) groups is 1. The van der Waals surface area contributed by atoms with E-state index in [0.29, 0.717) is 0 Å². The summed E-state index contributed by atoms with van der Waals surface area (Å²) in [5, 5.41) is 29.5. The number of hydrogen-bond acceptors (Lipinski definition) is 7. The van der Waals surface area contributed by atoms with E-state index in [2.05, 4.69) is 0 Å². The Bertz CT molecular complexity index is 89.6. The molecule has 0 fully saturated rings. The fourth-order valence-corrected chi connectivity index (χ4v) is 0. The first-order valence-corrected chi connectivity index (χ1v) is 1.38. The first-order valence-electron chi connectivity index (χ1n) is 1.38. The van der Waals surface area contributed by atoms with E-state index >= 15 is 0 Å². The number of carbonyl (C=O) groups excluding carboxylic acids is 1. The Morgan fingerprint density at radius 1 is 0.833 bits per heavy atom. The van der Waals surface area contributed by atoms with Crippen LogP contribution in [0.1, 0.15) is 0 Å². The van der Waals surface area contributed by atoms with E-state index in [1.807, 2.05) is 6.79 Å². The third-order valence-corrected chi connectivity index (χ3v) is 0. The van der Waals surface area contributed by atoms with Crippen LogP contribution in [0.15, 0.2) is 0 Å². The minimum absolute atomic E-state index is 0. The van der Waals surface area contributed by atoms with Gasteiger partial charge in [-0.25, -0.2) is 0 Å². The average molecular weight is 462 g/mol. The fraction of sp³-hybridized carbons (Fsp3) is 0. The van der Waals surface area contributed by atoms with Crippen LogP contribution < -0.4 is 0 Å². The number of hydrogen-bond donors (Lipinski definition) is 0. The largest absolute Gasteiger partial charge is 1.00 e. The zero-order valence-electron chi connectivity index (χ0n) is 5.47. The summed E-state index contributed by atoms with van der Waals surface area (Å²) >= 11 is 0. The van der Waals surface area contributed by atoms with Crippen molar-refractivity contribution in [1.29, 1.82) is 0 Å². The van der Waals surface area contributed by atoms with Crippen molar-refractivity contribution in [1.82, 2.24) is 0 Å². The maximum atomic E-state index is 8.25. The monoisotopic (exact) mass is 463 g/mol. The van der Waals surface area contributed by atoms with Crippen molar-refractivity contribution < 1.29 is 65.0 Å². The molecule has 71 valence electrons. The SMILES string of the molecule is C=O.O=[N+]([O-])[O-].O=[N+]([O-])[O-].[Ag+].[Hg+]. The molecule has 0 unspecified atom stereocenters. The summed E-state index contributed by atoms with van der Waals surface area (Å²) < 4.78 is 0. The Hall–Kier alpha value is -0.255. The molecule has 0 atom stereocenters. The van der Waals surface area contributed by atoms with E-state index in [0.717, 1.165) is 0 Å². The molecule has 0 N–H and O–H groups in total. The van der Waals surface area contributed by atoms with E-state index in [1.165, 1.54) is 0 Å². The van der Waals surface area contributed by atoms with Crippen LogP contribution in [0.5, 0.6) is 0 Å². The minimum atomic E-state index is -1.75. The normalized spacial score (nSPS) is 4.33. The van der Waals surface area contributed by atoms with Crippen LogP contribution in [0.2, 0.25) is 0 Å². The Morgan fingerprint density at radius 3 is 0.833 bits per heavy atom. The average Bonchev–Trinajstić information content (AvgIpc) is 1.66. The first kappa shape index (κ1) is 29.8. The molecule has 0 aliphatic rings. The number of rotatable bonds is 0. The molecule has 0 bridgehead atoms. The van der Waals surface area contributed by atoms with Gasteiger partial charge in [-0.05, 0) is 0 Å². The molecule has 0 saturated heterocycles. The van der Waals surface area contributed by atoms with E-state index in [-0.39, 0.29) is 50.0 Å². The quantitative estimate of drug-likeness (QED) is 0.263. The predicted octanol–water partition coefficient (Wildman–Crippen LogP) is -0.668. The van der Waals surface area contributed by atoms with Crippen molar-refractivity contribution in [3.63, 3.8) is 0 Å². The van der Waals surface area contributed by atoms with Crippen LogP contribution in [0.25, 0.3) is 0 Å². The smallest absolute Gasteiger partial charge is 0.356 e. The van der Waals surface area contributed by atoms with Gasteiger partial charge in [-0.15, -0.1) is 0 Å². The molecule has 0 aromatic heterocycles. The molecule has 11 heteroatoms. The molecule has 0 saturated carbocycles. The molecule has 0 rings (SSSR count). The zero-order valence-corrected chi connectivity index (χ0v) is 12.4. The molecule has 0 aliphatic carbocycles. The third-order valence-electron chi connectivity index (χ3n) is 0. The summed E-state index contributed by atoms with van der Waals surface area (Å²) in [4.78, 5) is 24.5. The zero-order chi connectivity index (χ0) is 9.15. The van der Waals surface area contributed by atoms with Gasteiger partial charge >= 0.3 is 50.0 Å². The van der Waals surface area contributed by atoms with Crippen molar-refractivity contribution in [3.8, 4) is 0 Å². The fourth-order valence-electron chi connectivity index (χ4n) is 0. The Morgan fingerprint density at radius 2 is 0.833 bits per heavy atom. The molecule has 1 radical (unpaired) electrons. The van der Waals surface area contributed by atoms with Gasteiger partial charge < -0.3 is 35.4 Å². The predicted molar refractivity (Wildman–Crippen MR) is 27.8 cm³/mol.